The van der Waals surface area contributed by atoms with Gasteiger partial charge in [-0.05, 0) is 38.1 Å². The normalized spacial score (nSPS) is 25.8. The maximum atomic E-state index is 12.4. The van der Waals surface area contributed by atoms with Gasteiger partial charge in [0.25, 0.3) is 0 Å². The molecule has 1 aliphatic heterocycles. The van der Waals surface area contributed by atoms with Crippen LogP contribution in [-0.4, -0.2) is 36.5 Å². The lowest BCUT2D eigenvalue weighted by Gasteiger charge is -2.31. The van der Waals surface area contributed by atoms with E-state index in [1.807, 2.05) is 0 Å². The Balaban J connectivity index is 1.92. The molecule has 0 bridgehead atoms. The molecule has 1 saturated carbocycles. The Bertz CT molecular complexity index is 242. The predicted molar refractivity (Wildman–Crippen MR) is 65.2 cm³/mol. The van der Waals surface area contributed by atoms with E-state index < -0.39 is 0 Å². The van der Waals surface area contributed by atoms with Crippen molar-refractivity contribution in [1.82, 2.24) is 10.2 Å². The van der Waals surface area contributed by atoms with Crippen LogP contribution in [0.25, 0.3) is 0 Å². The fraction of sp³-hybridized carbons (Fsp3) is 0.923. The standard InChI is InChI=1S/C13H24N2O/c1-10(2)9-15(12-5-6-12)13(16)11-4-3-7-14-8-11/h10-12,14H,3-9H2,1-2H3/t11-/m0/s1. The van der Waals surface area contributed by atoms with Crippen LogP contribution in [0.4, 0.5) is 0 Å². The van der Waals surface area contributed by atoms with Crippen molar-refractivity contribution in [3.05, 3.63) is 0 Å². The van der Waals surface area contributed by atoms with Crippen LogP contribution in [0.1, 0.15) is 39.5 Å². The summed E-state index contributed by atoms with van der Waals surface area (Å²) in [5, 5.41) is 3.34. The molecule has 1 atom stereocenters. The van der Waals surface area contributed by atoms with Crippen LogP contribution < -0.4 is 5.32 Å². The van der Waals surface area contributed by atoms with Crippen LogP contribution in [0.15, 0.2) is 0 Å². The Labute approximate surface area is 98.6 Å². The molecule has 2 fully saturated rings. The topological polar surface area (TPSA) is 32.3 Å². The molecule has 2 rings (SSSR count). The molecule has 0 radical (unpaired) electrons. The predicted octanol–water partition coefficient (Wildman–Crippen LogP) is 1.63. The molecule has 1 aliphatic carbocycles. The molecule has 1 heterocycles. The Morgan fingerprint density at radius 2 is 2.12 bits per heavy atom. The summed E-state index contributed by atoms with van der Waals surface area (Å²) in [5.41, 5.74) is 0. The molecule has 1 saturated heterocycles. The number of hydrogen-bond acceptors (Lipinski definition) is 2. The Hall–Kier alpha value is -0.570. The molecule has 92 valence electrons. The van der Waals surface area contributed by atoms with Gasteiger partial charge in [-0.3, -0.25) is 4.79 Å². The lowest BCUT2D eigenvalue weighted by molar-refractivity contribution is -0.137. The van der Waals surface area contributed by atoms with Crippen molar-refractivity contribution in [3.8, 4) is 0 Å². The molecule has 0 spiro atoms. The number of nitrogens with one attached hydrogen (secondary N) is 1. The minimum absolute atomic E-state index is 0.244. The van der Waals surface area contributed by atoms with Gasteiger partial charge in [0.05, 0.1) is 5.92 Å². The first-order valence-electron chi connectivity index (χ1n) is 6.69. The first-order valence-corrected chi connectivity index (χ1v) is 6.69. The molecule has 0 aromatic heterocycles. The van der Waals surface area contributed by atoms with Gasteiger partial charge in [0.1, 0.15) is 0 Å². The fourth-order valence-corrected chi connectivity index (χ4v) is 2.50. The van der Waals surface area contributed by atoms with Crippen molar-refractivity contribution in [2.24, 2.45) is 11.8 Å². The second kappa shape index (κ2) is 5.17. The van der Waals surface area contributed by atoms with Gasteiger partial charge < -0.3 is 10.2 Å². The second-order valence-corrected chi connectivity index (χ2v) is 5.66. The average molecular weight is 224 g/mol. The van der Waals surface area contributed by atoms with Gasteiger partial charge in [0.2, 0.25) is 5.91 Å². The van der Waals surface area contributed by atoms with Crippen molar-refractivity contribution in [1.29, 1.82) is 0 Å². The Morgan fingerprint density at radius 3 is 2.62 bits per heavy atom. The average Bonchev–Trinajstić information content (AvgIpc) is 3.10. The summed E-state index contributed by atoms with van der Waals surface area (Å²) in [6.45, 7) is 7.31. The van der Waals surface area contributed by atoms with Crippen LogP contribution in [0.3, 0.4) is 0 Å². The minimum Gasteiger partial charge on any atom is -0.339 e. The van der Waals surface area contributed by atoms with Gasteiger partial charge >= 0.3 is 0 Å². The van der Waals surface area contributed by atoms with E-state index in [4.69, 9.17) is 0 Å². The van der Waals surface area contributed by atoms with E-state index in [2.05, 4.69) is 24.1 Å². The molecule has 3 heteroatoms. The first-order chi connectivity index (χ1) is 7.68. The third-order valence-electron chi connectivity index (χ3n) is 3.48. The molecule has 16 heavy (non-hydrogen) atoms. The smallest absolute Gasteiger partial charge is 0.227 e. The quantitative estimate of drug-likeness (QED) is 0.787. The summed E-state index contributed by atoms with van der Waals surface area (Å²) in [6.07, 6.45) is 4.67. The zero-order chi connectivity index (χ0) is 11.5. The van der Waals surface area contributed by atoms with Crippen molar-refractivity contribution in [3.63, 3.8) is 0 Å². The molecule has 2 aliphatic rings. The van der Waals surface area contributed by atoms with Crippen LogP contribution in [0, 0.1) is 11.8 Å². The highest BCUT2D eigenvalue weighted by atomic mass is 16.2. The number of amides is 1. The number of carbonyl (C=O) groups is 1. The number of nitrogens with zero attached hydrogens (tertiary/aromatic N) is 1. The molecular weight excluding hydrogens is 200 g/mol. The molecule has 1 amide bonds. The zero-order valence-electron chi connectivity index (χ0n) is 10.5. The van der Waals surface area contributed by atoms with Gasteiger partial charge in [-0.15, -0.1) is 0 Å². The van der Waals surface area contributed by atoms with Crippen LogP contribution in [0.5, 0.6) is 0 Å². The van der Waals surface area contributed by atoms with Crippen molar-refractivity contribution >= 4 is 5.91 Å². The molecule has 1 N–H and O–H groups in total. The molecule has 0 aromatic carbocycles. The third kappa shape index (κ3) is 2.97. The number of carbonyl (C=O) groups excluding carboxylic acids is 1. The minimum atomic E-state index is 0.244. The third-order valence-corrected chi connectivity index (χ3v) is 3.48. The van der Waals surface area contributed by atoms with Crippen molar-refractivity contribution in [2.75, 3.05) is 19.6 Å². The number of rotatable bonds is 4. The summed E-state index contributed by atoms with van der Waals surface area (Å²) in [4.78, 5) is 14.6. The monoisotopic (exact) mass is 224 g/mol. The number of piperidine rings is 1. The maximum absolute atomic E-state index is 12.4. The Kier molecular flexibility index (Phi) is 3.85. The van der Waals surface area contributed by atoms with E-state index in [-0.39, 0.29) is 5.92 Å². The lowest BCUT2D eigenvalue weighted by Crippen LogP contribution is -2.45. The molecule has 0 unspecified atom stereocenters. The largest absolute Gasteiger partial charge is 0.339 e. The summed E-state index contributed by atoms with van der Waals surface area (Å²) in [5.74, 6) is 1.23. The van der Waals surface area contributed by atoms with Gasteiger partial charge in [-0.25, -0.2) is 0 Å². The van der Waals surface area contributed by atoms with Gasteiger partial charge in [-0.1, -0.05) is 13.8 Å². The summed E-state index contributed by atoms with van der Waals surface area (Å²) < 4.78 is 0. The Morgan fingerprint density at radius 1 is 1.38 bits per heavy atom. The molecule has 0 aromatic rings. The van der Waals surface area contributed by atoms with E-state index in [0.29, 0.717) is 17.9 Å². The van der Waals surface area contributed by atoms with Crippen LogP contribution >= 0.6 is 0 Å². The number of hydrogen-bond donors (Lipinski definition) is 1. The van der Waals surface area contributed by atoms with Crippen LogP contribution in [0.2, 0.25) is 0 Å². The highest BCUT2D eigenvalue weighted by Crippen LogP contribution is 2.29. The maximum Gasteiger partial charge on any atom is 0.227 e. The fourth-order valence-electron chi connectivity index (χ4n) is 2.50. The lowest BCUT2D eigenvalue weighted by atomic mass is 9.97. The first kappa shape index (κ1) is 11.9. The van der Waals surface area contributed by atoms with E-state index in [1.54, 1.807) is 0 Å². The zero-order valence-corrected chi connectivity index (χ0v) is 10.5. The molecule has 3 nitrogen and oxygen atoms in total. The molecular formula is C13H24N2O. The van der Waals surface area contributed by atoms with Gasteiger partial charge in [0, 0.05) is 19.1 Å². The highest BCUT2D eigenvalue weighted by molar-refractivity contribution is 5.79. The van der Waals surface area contributed by atoms with Crippen molar-refractivity contribution in [2.45, 2.75) is 45.6 Å². The van der Waals surface area contributed by atoms with E-state index in [1.165, 1.54) is 12.8 Å². The highest BCUT2D eigenvalue weighted by Gasteiger charge is 2.36. The summed E-state index contributed by atoms with van der Waals surface area (Å²) in [7, 11) is 0. The van der Waals surface area contributed by atoms with Gasteiger partial charge in [0.15, 0.2) is 0 Å². The van der Waals surface area contributed by atoms with E-state index in [9.17, 15) is 4.79 Å². The van der Waals surface area contributed by atoms with E-state index >= 15 is 0 Å². The summed E-state index contributed by atoms with van der Waals surface area (Å²) >= 11 is 0. The summed E-state index contributed by atoms with van der Waals surface area (Å²) in [6, 6.07) is 0.567. The van der Waals surface area contributed by atoms with Crippen molar-refractivity contribution < 1.29 is 4.79 Å². The van der Waals surface area contributed by atoms with Crippen LogP contribution in [-0.2, 0) is 4.79 Å². The van der Waals surface area contributed by atoms with Gasteiger partial charge in [-0.2, -0.15) is 0 Å². The SMILES string of the molecule is CC(C)CN(C(=O)[C@H]1CCCNC1)C1CC1. The second-order valence-electron chi connectivity index (χ2n) is 5.66. The van der Waals surface area contributed by atoms with E-state index in [0.717, 1.165) is 32.5 Å².